The van der Waals surface area contributed by atoms with Crippen LogP contribution in [0.15, 0.2) is 36.5 Å². The van der Waals surface area contributed by atoms with Gasteiger partial charge >= 0.3 is 0 Å². The van der Waals surface area contributed by atoms with E-state index in [1.807, 2.05) is 36.1 Å². The SMILES string of the molecule is CNC(C)c1cnn(-c2ccccc2)c1C. The third-order valence-electron chi connectivity index (χ3n) is 2.95. The molecule has 0 bridgehead atoms. The highest BCUT2D eigenvalue weighted by atomic mass is 15.3. The van der Waals surface area contributed by atoms with E-state index in [2.05, 4.69) is 36.4 Å². The van der Waals surface area contributed by atoms with E-state index in [1.54, 1.807) is 0 Å². The van der Waals surface area contributed by atoms with Gasteiger partial charge in [0.2, 0.25) is 0 Å². The van der Waals surface area contributed by atoms with Gasteiger partial charge in [0.05, 0.1) is 11.9 Å². The van der Waals surface area contributed by atoms with Crippen molar-refractivity contribution in [2.75, 3.05) is 7.05 Å². The van der Waals surface area contributed by atoms with Crippen LogP contribution in [0.1, 0.15) is 24.2 Å². The molecular formula is C13H17N3. The molecule has 0 aliphatic heterocycles. The normalized spacial score (nSPS) is 12.7. The first-order valence-corrected chi connectivity index (χ1v) is 5.51. The summed E-state index contributed by atoms with van der Waals surface area (Å²) in [5.41, 5.74) is 3.54. The van der Waals surface area contributed by atoms with E-state index < -0.39 is 0 Å². The van der Waals surface area contributed by atoms with Crippen LogP contribution in [0.2, 0.25) is 0 Å². The van der Waals surface area contributed by atoms with Crippen molar-refractivity contribution in [3.8, 4) is 5.69 Å². The molecule has 2 rings (SSSR count). The lowest BCUT2D eigenvalue weighted by molar-refractivity contribution is 0.647. The predicted octanol–water partition coefficient (Wildman–Crippen LogP) is 2.46. The van der Waals surface area contributed by atoms with Crippen LogP contribution in [-0.4, -0.2) is 16.8 Å². The average molecular weight is 215 g/mol. The molecule has 3 nitrogen and oxygen atoms in total. The van der Waals surface area contributed by atoms with Crippen molar-refractivity contribution in [3.63, 3.8) is 0 Å². The van der Waals surface area contributed by atoms with Gasteiger partial charge < -0.3 is 5.32 Å². The third kappa shape index (κ3) is 1.86. The Balaban J connectivity index is 2.41. The Hall–Kier alpha value is -1.61. The van der Waals surface area contributed by atoms with E-state index in [0.717, 1.165) is 5.69 Å². The number of hydrogen-bond donors (Lipinski definition) is 1. The van der Waals surface area contributed by atoms with Gasteiger partial charge in [0, 0.05) is 17.3 Å². The number of hydrogen-bond acceptors (Lipinski definition) is 2. The van der Waals surface area contributed by atoms with Crippen LogP contribution >= 0.6 is 0 Å². The first-order valence-electron chi connectivity index (χ1n) is 5.51. The van der Waals surface area contributed by atoms with Crippen molar-refractivity contribution >= 4 is 0 Å². The molecule has 2 aromatic rings. The van der Waals surface area contributed by atoms with Crippen molar-refractivity contribution in [2.45, 2.75) is 19.9 Å². The topological polar surface area (TPSA) is 29.9 Å². The fraction of sp³-hybridized carbons (Fsp3) is 0.308. The first-order chi connectivity index (χ1) is 7.74. The van der Waals surface area contributed by atoms with Crippen LogP contribution < -0.4 is 5.32 Å². The van der Waals surface area contributed by atoms with E-state index in [4.69, 9.17) is 0 Å². The van der Waals surface area contributed by atoms with Crippen molar-refractivity contribution in [3.05, 3.63) is 47.8 Å². The Morgan fingerprint density at radius 1 is 1.25 bits per heavy atom. The van der Waals surface area contributed by atoms with Gasteiger partial charge in [-0.2, -0.15) is 5.10 Å². The maximum absolute atomic E-state index is 4.43. The average Bonchev–Trinajstić information content (AvgIpc) is 2.71. The fourth-order valence-electron chi connectivity index (χ4n) is 1.83. The van der Waals surface area contributed by atoms with Crippen molar-refractivity contribution in [1.82, 2.24) is 15.1 Å². The molecule has 1 aromatic heterocycles. The monoisotopic (exact) mass is 215 g/mol. The Labute approximate surface area is 96.1 Å². The van der Waals surface area contributed by atoms with Gasteiger partial charge in [0.1, 0.15) is 0 Å². The van der Waals surface area contributed by atoms with Gasteiger partial charge in [-0.3, -0.25) is 0 Å². The minimum absolute atomic E-state index is 0.331. The maximum Gasteiger partial charge on any atom is 0.0648 e. The molecule has 1 N–H and O–H groups in total. The van der Waals surface area contributed by atoms with Crippen LogP contribution in [-0.2, 0) is 0 Å². The van der Waals surface area contributed by atoms with Crippen LogP contribution in [0.5, 0.6) is 0 Å². The molecule has 1 aromatic carbocycles. The van der Waals surface area contributed by atoms with Gasteiger partial charge in [-0.1, -0.05) is 18.2 Å². The molecule has 0 spiro atoms. The summed E-state index contributed by atoms with van der Waals surface area (Å²) in [6, 6.07) is 10.5. The Kier molecular flexibility index (Phi) is 3.06. The fourth-order valence-corrected chi connectivity index (χ4v) is 1.83. The zero-order valence-electron chi connectivity index (χ0n) is 9.94. The minimum atomic E-state index is 0.331. The molecule has 1 atom stereocenters. The maximum atomic E-state index is 4.43. The molecule has 0 radical (unpaired) electrons. The molecule has 0 aliphatic carbocycles. The summed E-state index contributed by atoms with van der Waals surface area (Å²) in [4.78, 5) is 0. The summed E-state index contributed by atoms with van der Waals surface area (Å²) in [7, 11) is 1.96. The molecule has 1 heterocycles. The van der Waals surface area contributed by atoms with E-state index >= 15 is 0 Å². The largest absolute Gasteiger partial charge is 0.313 e. The number of nitrogens with zero attached hydrogens (tertiary/aromatic N) is 2. The smallest absolute Gasteiger partial charge is 0.0648 e. The summed E-state index contributed by atoms with van der Waals surface area (Å²) in [5, 5.41) is 7.67. The molecule has 0 saturated heterocycles. The summed E-state index contributed by atoms with van der Waals surface area (Å²) in [5.74, 6) is 0. The van der Waals surface area contributed by atoms with Crippen LogP contribution in [0, 0.1) is 6.92 Å². The summed E-state index contributed by atoms with van der Waals surface area (Å²) >= 11 is 0. The first kappa shape index (κ1) is 10.9. The highest BCUT2D eigenvalue weighted by molar-refractivity contribution is 5.35. The summed E-state index contributed by atoms with van der Waals surface area (Å²) < 4.78 is 1.98. The quantitative estimate of drug-likeness (QED) is 0.852. The van der Waals surface area contributed by atoms with Gasteiger partial charge in [0.15, 0.2) is 0 Å². The Morgan fingerprint density at radius 2 is 1.94 bits per heavy atom. The van der Waals surface area contributed by atoms with Crippen molar-refractivity contribution in [1.29, 1.82) is 0 Å². The second kappa shape index (κ2) is 4.49. The minimum Gasteiger partial charge on any atom is -0.313 e. The molecule has 0 aliphatic rings. The number of nitrogens with one attached hydrogen (secondary N) is 1. The molecule has 3 heteroatoms. The van der Waals surface area contributed by atoms with Gasteiger partial charge in [-0.15, -0.1) is 0 Å². The number of aromatic nitrogens is 2. The zero-order chi connectivity index (χ0) is 11.5. The van der Waals surface area contributed by atoms with Crippen molar-refractivity contribution < 1.29 is 0 Å². The molecule has 0 saturated carbocycles. The molecular weight excluding hydrogens is 198 g/mol. The van der Waals surface area contributed by atoms with Gasteiger partial charge in [0.25, 0.3) is 0 Å². The van der Waals surface area contributed by atoms with Crippen LogP contribution in [0.3, 0.4) is 0 Å². The Bertz CT molecular complexity index is 459. The van der Waals surface area contributed by atoms with E-state index in [9.17, 15) is 0 Å². The lowest BCUT2D eigenvalue weighted by Crippen LogP contribution is -2.13. The van der Waals surface area contributed by atoms with Crippen LogP contribution in [0.4, 0.5) is 0 Å². The lowest BCUT2D eigenvalue weighted by atomic mass is 10.1. The van der Waals surface area contributed by atoms with E-state index in [-0.39, 0.29) is 0 Å². The molecule has 1 unspecified atom stereocenters. The standard InChI is InChI=1S/C13H17N3/c1-10(14-3)13-9-15-16(11(13)2)12-7-5-4-6-8-12/h4-10,14H,1-3H3. The highest BCUT2D eigenvalue weighted by Gasteiger charge is 2.12. The number of para-hydroxylation sites is 1. The molecule has 16 heavy (non-hydrogen) atoms. The molecule has 84 valence electrons. The predicted molar refractivity (Wildman–Crippen MR) is 65.8 cm³/mol. The highest BCUT2D eigenvalue weighted by Crippen LogP contribution is 2.19. The van der Waals surface area contributed by atoms with Crippen LogP contribution in [0.25, 0.3) is 5.69 Å². The van der Waals surface area contributed by atoms with E-state index in [1.165, 1.54) is 11.3 Å². The van der Waals surface area contributed by atoms with Gasteiger partial charge in [-0.25, -0.2) is 4.68 Å². The summed E-state index contributed by atoms with van der Waals surface area (Å²) in [6.07, 6.45) is 1.93. The van der Waals surface area contributed by atoms with Gasteiger partial charge in [-0.05, 0) is 33.0 Å². The molecule has 0 fully saturated rings. The van der Waals surface area contributed by atoms with E-state index in [0.29, 0.717) is 6.04 Å². The number of rotatable bonds is 3. The lowest BCUT2D eigenvalue weighted by Gasteiger charge is -2.10. The van der Waals surface area contributed by atoms with Crippen molar-refractivity contribution in [2.24, 2.45) is 0 Å². The number of benzene rings is 1. The third-order valence-corrected chi connectivity index (χ3v) is 2.95. The second-order valence-corrected chi connectivity index (χ2v) is 3.94. The summed E-state index contributed by atoms with van der Waals surface area (Å²) in [6.45, 7) is 4.24. The zero-order valence-corrected chi connectivity index (χ0v) is 9.94. The molecule has 0 amide bonds. The second-order valence-electron chi connectivity index (χ2n) is 3.94. The Morgan fingerprint density at radius 3 is 2.56 bits per heavy atom.